The molecule has 1 heterocycles. The van der Waals surface area contributed by atoms with Gasteiger partial charge in [0.15, 0.2) is 5.82 Å². The summed E-state index contributed by atoms with van der Waals surface area (Å²) in [5.74, 6) is 0.775. The van der Waals surface area contributed by atoms with Gasteiger partial charge in [-0.15, -0.1) is 17.5 Å². The molecule has 6 nitrogen and oxygen atoms in total. The Balaban J connectivity index is 0.00000169. The van der Waals surface area contributed by atoms with E-state index in [0.717, 1.165) is 12.4 Å². The van der Waals surface area contributed by atoms with Crippen LogP contribution < -0.4 is 5.32 Å². The highest BCUT2D eigenvalue weighted by atomic mass is 35.5. The molecule has 0 amide bonds. The van der Waals surface area contributed by atoms with Crippen LogP contribution in [-0.2, 0) is 13.1 Å². The van der Waals surface area contributed by atoms with Crippen molar-refractivity contribution in [2.75, 3.05) is 6.54 Å². The zero-order valence-corrected chi connectivity index (χ0v) is 8.79. The van der Waals surface area contributed by atoms with E-state index >= 15 is 0 Å². The van der Waals surface area contributed by atoms with Gasteiger partial charge in [0, 0.05) is 0 Å². The minimum Gasteiger partial charge on any atom is -0.310 e. The van der Waals surface area contributed by atoms with Crippen LogP contribution in [0.25, 0.3) is 0 Å². The quantitative estimate of drug-likeness (QED) is 0.756. The van der Waals surface area contributed by atoms with Gasteiger partial charge in [-0.1, -0.05) is 6.92 Å². The van der Waals surface area contributed by atoms with E-state index in [4.69, 9.17) is 5.26 Å². The maximum Gasteiger partial charge on any atom is 0.165 e. The molecule has 0 unspecified atom stereocenters. The lowest BCUT2D eigenvalue weighted by Crippen LogP contribution is -2.17. The topological polar surface area (TPSA) is 79.4 Å². The lowest BCUT2D eigenvalue weighted by atomic mass is 10.4. The average Bonchev–Trinajstić information content (AvgIpc) is 2.59. The number of aryl methyl sites for hydroxylation is 1. The van der Waals surface area contributed by atoms with Crippen LogP contribution in [-0.4, -0.2) is 26.8 Å². The summed E-state index contributed by atoms with van der Waals surface area (Å²) >= 11 is 0. The smallest absolute Gasteiger partial charge is 0.165 e. The van der Waals surface area contributed by atoms with Crippen molar-refractivity contribution >= 4 is 12.4 Å². The Morgan fingerprint density at radius 3 is 3.00 bits per heavy atom. The first kappa shape index (κ1) is 12.8. The van der Waals surface area contributed by atoms with E-state index in [1.807, 2.05) is 6.92 Å². The standard InChI is InChI=1S/C7H12N6.ClH/c1-2-9-6-7-10-11-12-13(7)5-3-4-8;/h9H,2-3,5-6H2,1H3;1H. The number of halogens is 1. The molecule has 7 heteroatoms. The summed E-state index contributed by atoms with van der Waals surface area (Å²) in [6, 6.07) is 2.05. The van der Waals surface area contributed by atoms with Gasteiger partial charge in [0.05, 0.1) is 25.6 Å². The SMILES string of the molecule is CCNCc1nnnn1CCC#N.Cl. The summed E-state index contributed by atoms with van der Waals surface area (Å²) in [6.45, 7) is 4.10. The van der Waals surface area contributed by atoms with Gasteiger partial charge in [0.25, 0.3) is 0 Å². The summed E-state index contributed by atoms with van der Waals surface area (Å²) in [4.78, 5) is 0. The van der Waals surface area contributed by atoms with E-state index in [-0.39, 0.29) is 12.4 Å². The summed E-state index contributed by atoms with van der Waals surface area (Å²) < 4.78 is 1.64. The average molecular weight is 217 g/mol. The molecular formula is C7H13ClN6. The Morgan fingerprint density at radius 2 is 2.36 bits per heavy atom. The van der Waals surface area contributed by atoms with Crippen LogP contribution in [0.4, 0.5) is 0 Å². The minimum atomic E-state index is 0. The summed E-state index contributed by atoms with van der Waals surface area (Å²) in [5.41, 5.74) is 0. The van der Waals surface area contributed by atoms with E-state index in [9.17, 15) is 0 Å². The molecule has 0 aliphatic heterocycles. The van der Waals surface area contributed by atoms with Gasteiger partial charge in [-0.25, -0.2) is 4.68 Å². The Morgan fingerprint density at radius 1 is 1.57 bits per heavy atom. The molecule has 0 spiro atoms. The Hall–Kier alpha value is -1.19. The summed E-state index contributed by atoms with van der Waals surface area (Å²) in [5, 5.41) is 22.7. The van der Waals surface area contributed by atoms with Crippen LogP contribution in [0.5, 0.6) is 0 Å². The lowest BCUT2D eigenvalue weighted by molar-refractivity contribution is 0.553. The van der Waals surface area contributed by atoms with Gasteiger partial charge in [-0.05, 0) is 17.0 Å². The normalized spacial score (nSPS) is 9.14. The molecule has 0 saturated carbocycles. The zero-order valence-electron chi connectivity index (χ0n) is 7.97. The number of nitrogens with one attached hydrogen (secondary N) is 1. The van der Waals surface area contributed by atoms with Crippen LogP contribution in [0.3, 0.4) is 0 Å². The third kappa shape index (κ3) is 3.68. The number of hydrogen-bond donors (Lipinski definition) is 1. The highest BCUT2D eigenvalue weighted by Gasteiger charge is 2.03. The highest BCUT2D eigenvalue weighted by Crippen LogP contribution is 1.92. The number of nitrogens with zero attached hydrogens (tertiary/aromatic N) is 5. The molecule has 0 saturated heterocycles. The second-order valence-electron chi connectivity index (χ2n) is 2.51. The molecule has 14 heavy (non-hydrogen) atoms. The van der Waals surface area contributed by atoms with E-state index in [0.29, 0.717) is 19.5 Å². The molecule has 0 aliphatic carbocycles. The van der Waals surface area contributed by atoms with Crippen molar-refractivity contribution in [3.8, 4) is 6.07 Å². The van der Waals surface area contributed by atoms with Gasteiger partial charge < -0.3 is 5.32 Å². The Labute approximate surface area is 88.7 Å². The molecule has 0 fully saturated rings. The molecule has 1 aromatic heterocycles. The first-order chi connectivity index (χ1) is 6.38. The van der Waals surface area contributed by atoms with Crippen molar-refractivity contribution in [2.24, 2.45) is 0 Å². The molecule has 1 aromatic rings. The number of nitriles is 1. The molecule has 0 bridgehead atoms. The van der Waals surface area contributed by atoms with Crippen LogP contribution in [0, 0.1) is 11.3 Å². The van der Waals surface area contributed by atoms with Gasteiger partial charge in [0.2, 0.25) is 0 Å². The molecular weight excluding hydrogens is 204 g/mol. The van der Waals surface area contributed by atoms with Gasteiger partial charge in [-0.3, -0.25) is 0 Å². The fourth-order valence-electron chi connectivity index (χ4n) is 0.916. The Bertz CT molecular complexity index is 291. The van der Waals surface area contributed by atoms with Crippen LogP contribution in [0.2, 0.25) is 0 Å². The first-order valence-corrected chi connectivity index (χ1v) is 4.21. The maximum absolute atomic E-state index is 8.38. The van der Waals surface area contributed by atoms with E-state index in [1.165, 1.54) is 0 Å². The van der Waals surface area contributed by atoms with Gasteiger partial charge in [0.1, 0.15) is 0 Å². The molecule has 78 valence electrons. The van der Waals surface area contributed by atoms with Crippen LogP contribution in [0.1, 0.15) is 19.2 Å². The second-order valence-corrected chi connectivity index (χ2v) is 2.51. The molecule has 0 aromatic carbocycles. The molecule has 0 aliphatic rings. The van der Waals surface area contributed by atoms with E-state index in [2.05, 4.69) is 26.9 Å². The minimum absolute atomic E-state index is 0. The van der Waals surface area contributed by atoms with Crippen molar-refractivity contribution in [2.45, 2.75) is 26.4 Å². The fraction of sp³-hybridized carbons (Fsp3) is 0.714. The predicted molar refractivity (Wildman–Crippen MR) is 52.7 cm³/mol. The largest absolute Gasteiger partial charge is 0.310 e. The number of rotatable bonds is 5. The number of tetrazole rings is 1. The van der Waals surface area contributed by atoms with Gasteiger partial charge >= 0.3 is 0 Å². The lowest BCUT2D eigenvalue weighted by Gasteiger charge is -2.01. The van der Waals surface area contributed by atoms with Crippen molar-refractivity contribution in [1.29, 1.82) is 5.26 Å². The van der Waals surface area contributed by atoms with Crippen molar-refractivity contribution in [1.82, 2.24) is 25.5 Å². The fourth-order valence-corrected chi connectivity index (χ4v) is 0.916. The number of aromatic nitrogens is 4. The Kier molecular flexibility index (Phi) is 6.62. The molecule has 1 rings (SSSR count). The first-order valence-electron chi connectivity index (χ1n) is 4.21. The monoisotopic (exact) mass is 216 g/mol. The van der Waals surface area contributed by atoms with Gasteiger partial charge in [-0.2, -0.15) is 5.26 Å². The van der Waals surface area contributed by atoms with E-state index < -0.39 is 0 Å². The second kappa shape index (κ2) is 7.24. The maximum atomic E-state index is 8.38. The van der Waals surface area contributed by atoms with Crippen molar-refractivity contribution in [3.05, 3.63) is 5.82 Å². The van der Waals surface area contributed by atoms with Crippen molar-refractivity contribution in [3.63, 3.8) is 0 Å². The molecule has 1 N–H and O–H groups in total. The molecule has 0 radical (unpaired) electrons. The zero-order chi connectivity index (χ0) is 9.52. The van der Waals surface area contributed by atoms with Crippen molar-refractivity contribution < 1.29 is 0 Å². The van der Waals surface area contributed by atoms with Crippen LogP contribution >= 0.6 is 12.4 Å². The van der Waals surface area contributed by atoms with E-state index in [1.54, 1.807) is 4.68 Å². The third-order valence-corrected chi connectivity index (χ3v) is 1.57. The third-order valence-electron chi connectivity index (χ3n) is 1.57. The molecule has 0 atom stereocenters. The highest BCUT2D eigenvalue weighted by molar-refractivity contribution is 5.85. The predicted octanol–water partition coefficient (Wildman–Crippen LogP) is 0.118. The number of hydrogen-bond acceptors (Lipinski definition) is 5. The van der Waals surface area contributed by atoms with Crippen LogP contribution in [0.15, 0.2) is 0 Å². The summed E-state index contributed by atoms with van der Waals surface area (Å²) in [6.07, 6.45) is 0.435. The summed E-state index contributed by atoms with van der Waals surface area (Å²) in [7, 11) is 0.